The fraction of sp³-hybridized carbons (Fsp3) is 0.0833. The summed E-state index contributed by atoms with van der Waals surface area (Å²) in [6, 6.07) is 7.80. The van der Waals surface area contributed by atoms with Crippen LogP contribution < -0.4 is 10.5 Å². The van der Waals surface area contributed by atoms with Crippen molar-refractivity contribution in [2.45, 2.75) is 0 Å². The summed E-state index contributed by atoms with van der Waals surface area (Å²) < 4.78 is 5.18. The molecule has 0 spiro atoms. The van der Waals surface area contributed by atoms with E-state index in [1.165, 1.54) is 0 Å². The molecule has 0 amide bonds. The third kappa shape index (κ3) is 1.20. The zero-order chi connectivity index (χ0) is 11.1. The first-order valence-corrected chi connectivity index (χ1v) is 4.99. The van der Waals surface area contributed by atoms with Gasteiger partial charge in [0.05, 0.1) is 24.3 Å². The maximum Gasteiger partial charge on any atom is 0.124 e. The van der Waals surface area contributed by atoms with Gasteiger partial charge in [0.2, 0.25) is 0 Å². The van der Waals surface area contributed by atoms with Crippen LogP contribution >= 0.6 is 0 Å². The van der Waals surface area contributed by atoms with Crippen molar-refractivity contribution in [3.63, 3.8) is 0 Å². The molecule has 1 aromatic carbocycles. The third-order valence-electron chi connectivity index (χ3n) is 2.71. The molecule has 0 aliphatic carbocycles. The minimum Gasteiger partial charge on any atom is -0.497 e. The Morgan fingerprint density at radius 3 is 2.88 bits per heavy atom. The highest BCUT2D eigenvalue weighted by Crippen LogP contribution is 2.28. The van der Waals surface area contributed by atoms with Gasteiger partial charge in [-0.1, -0.05) is 0 Å². The van der Waals surface area contributed by atoms with Gasteiger partial charge in [0, 0.05) is 16.8 Å². The predicted molar refractivity (Wildman–Crippen MR) is 64.6 cm³/mol. The SMILES string of the molecule is COc1ccc2c(c1)[nH]c1cnc(N)cc12. The molecular formula is C12H11N3O. The van der Waals surface area contributed by atoms with Crippen LogP contribution in [0.1, 0.15) is 0 Å². The Bertz CT molecular complexity index is 672. The average molecular weight is 213 g/mol. The number of aromatic amines is 1. The Morgan fingerprint density at radius 1 is 1.19 bits per heavy atom. The van der Waals surface area contributed by atoms with Crippen molar-refractivity contribution in [3.05, 3.63) is 30.5 Å². The highest BCUT2D eigenvalue weighted by molar-refractivity contribution is 6.07. The maximum atomic E-state index is 5.68. The fourth-order valence-electron chi connectivity index (χ4n) is 1.93. The first-order chi connectivity index (χ1) is 7.78. The number of H-pyrrole nitrogens is 1. The molecule has 2 heterocycles. The number of nitrogens with two attached hydrogens (primary N) is 1. The molecule has 0 radical (unpaired) electrons. The number of nitrogens with zero attached hydrogens (tertiary/aromatic N) is 1. The van der Waals surface area contributed by atoms with Gasteiger partial charge >= 0.3 is 0 Å². The van der Waals surface area contributed by atoms with Crippen LogP contribution in [0.5, 0.6) is 5.75 Å². The minimum absolute atomic E-state index is 0.532. The standard InChI is InChI=1S/C12H11N3O/c1-16-7-2-3-8-9-5-12(13)14-6-11(9)15-10(8)4-7/h2-6,15H,1H3,(H2,13,14). The van der Waals surface area contributed by atoms with Crippen molar-refractivity contribution in [1.82, 2.24) is 9.97 Å². The summed E-state index contributed by atoms with van der Waals surface area (Å²) in [4.78, 5) is 7.34. The van der Waals surface area contributed by atoms with E-state index in [0.717, 1.165) is 27.6 Å². The number of pyridine rings is 1. The molecule has 0 saturated heterocycles. The van der Waals surface area contributed by atoms with Crippen molar-refractivity contribution in [3.8, 4) is 5.75 Å². The smallest absolute Gasteiger partial charge is 0.124 e. The van der Waals surface area contributed by atoms with E-state index in [1.807, 2.05) is 24.3 Å². The zero-order valence-electron chi connectivity index (χ0n) is 8.82. The van der Waals surface area contributed by atoms with Crippen molar-refractivity contribution in [2.24, 2.45) is 0 Å². The molecule has 0 aliphatic rings. The van der Waals surface area contributed by atoms with E-state index in [1.54, 1.807) is 13.3 Å². The number of benzene rings is 1. The van der Waals surface area contributed by atoms with Crippen molar-refractivity contribution >= 4 is 27.6 Å². The van der Waals surface area contributed by atoms with Crippen molar-refractivity contribution < 1.29 is 4.74 Å². The lowest BCUT2D eigenvalue weighted by Crippen LogP contribution is -1.87. The number of nitrogens with one attached hydrogen (secondary N) is 1. The molecule has 3 aromatic rings. The van der Waals surface area contributed by atoms with Gasteiger partial charge in [0.25, 0.3) is 0 Å². The zero-order valence-corrected chi connectivity index (χ0v) is 8.82. The number of ether oxygens (including phenoxy) is 1. The van der Waals surface area contributed by atoms with Gasteiger partial charge in [-0.25, -0.2) is 4.98 Å². The van der Waals surface area contributed by atoms with Gasteiger partial charge < -0.3 is 15.5 Å². The Kier molecular flexibility index (Phi) is 1.77. The number of rotatable bonds is 1. The number of methoxy groups -OCH3 is 1. The van der Waals surface area contributed by atoms with Crippen LogP contribution in [-0.2, 0) is 0 Å². The molecule has 4 heteroatoms. The van der Waals surface area contributed by atoms with Crippen LogP contribution in [0.3, 0.4) is 0 Å². The molecule has 0 bridgehead atoms. The fourth-order valence-corrected chi connectivity index (χ4v) is 1.93. The van der Waals surface area contributed by atoms with Crippen LogP contribution in [0, 0.1) is 0 Å². The highest BCUT2D eigenvalue weighted by Gasteiger charge is 2.05. The van der Waals surface area contributed by atoms with Crippen molar-refractivity contribution in [2.75, 3.05) is 12.8 Å². The van der Waals surface area contributed by atoms with Crippen LogP contribution in [-0.4, -0.2) is 17.1 Å². The third-order valence-corrected chi connectivity index (χ3v) is 2.71. The lowest BCUT2D eigenvalue weighted by molar-refractivity contribution is 0.415. The number of nitrogen functional groups attached to an aromatic ring is 1. The van der Waals surface area contributed by atoms with Crippen LogP contribution in [0.2, 0.25) is 0 Å². The predicted octanol–water partition coefficient (Wildman–Crippen LogP) is 2.31. The molecule has 3 rings (SSSR count). The minimum atomic E-state index is 0.532. The average Bonchev–Trinajstić information content (AvgIpc) is 2.66. The molecule has 0 unspecified atom stereocenters. The Balaban J connectivity index is 2.41. The van der Waals surface area contributed by atoms with Crippen molar-refractivity contribution in [1.29, 1.82) is 0 Å². The molecule has 80 valence electrons. The topological polar surface area (TPSA) is 63.9 Å². The van der Waals surface area contributed by atoms with E-state index in [4.69, 9.17) is 10.5 Å². The van der Waals surface area contributed by atoms with E-state index in [9.17, 15) is 0 Å². The molecule has 2 aromatic heterocycles. The van der Waals surface area contributed by atoms with E-state index >= 15 is 0 Å². The highest BCUT2D eigenvalue weighted by atomic mass is 16.5. The summed E-state index contributed by atoms with van der Waals surface area (Å²) in [5, 5.41) is 2.22. The summed E-state index contributed by atoms with van der Waals surface area (Å²) >= 11 is 0. The maximum absolute atomic E-state index is 5.68. The molecule has 3 N–H and O–H groups in total. The molecule has 0 atom stereocenters. The summed E-state index contributed by atoms with van der Waals surface area (Å²) in [5.41, 5.74) is 7.69. The van der Waals surface area contributed by atoms with E-state index in [-0.39, 0.29) is 0 Å². The van der Waals surface area contributed by atoms with E-state index in [2.05, 4.69) is 9.97 Å². The van der Waals surface area contributed by atoms with Gasteiger partial charge in [-0.3, -0.25) is 0 Å². The quantitative estimate of drug-likeness (QED) is 0.652. The van der Waals surface area contributed by atoms with Gasteiger partial charge in [0.15, 0.2) is 0 Å². The number of aromatic nitrogens is 2. The lowest BCUT2D eigenvalue weighted by Gasteiger charge is -1.98. The number of hydrogen-bond acceptors (Lipinski definition) is 3. The summed E-state index contributed by atoms with van der Waals surface area (Å²) in [6.07, 6.45) is 1.75. The number of anilines is 1. The molecule has 4 nitrogen and oxygen atoms in total. The largest absolute Gasteiger partial charge is 0.497 e. The van der Waals surface area contributed by atoms with E-state index < -0.39 is 0 Å². The molecule has 0 aliphatic heterocycles. The normalized spacial score (nSPS) is 11.1. The van der Waals surface area contributed by atoms with Gasteiger partial charge in [0.1, 0.15) is 11.6 Å². The first-order valence-electron chi connectivity index (χ1n) is 4.99. The number of hydrogen-bond donors (Lipinski definition) is 2. The molecule has 0 saturated carbocycles. The molecule has 0 fully saturated rings. The van der Waals surface area contributed by atoms with Gasteiger partial charge in [-0.05, 0) is 18.2 Å². The Hall–Kier alpha value is -2.23. The van der Waals surface area contributed by atoms with Gasteiger partial charge in [-0.2, -0.15) is 0 Å². The summed E-state index contributed by atoms with van der Waals surface area (Å²) in [5.74, 6) is 1.37. The van der Waals surface area contributed by atoms with E-state index in [0.29, 0.717) is 5.82 Å². The van der Waals surface area contributed by atoms with Crippen LogP contribution in [0.4, 0.5) is 5.82 Å². The Labute approximate surface area is 92.0 Å². The van der Waals surface area contributed by atoms with Crippen LogP contribution in [0.25, 0.3) is 21.8 Å². The monoisotopic (exact) mass is 213 g/mol. The number of fused-ring (bicyclic) bond motifs is 3. The second kappa shape index (κ2) is 3.13. The summed E-state index contributed by atoms with van der Waals surface area (Å²) in [7, 11) is 1.66. The molecular weight excluding hydrogens is 202 g/mol. The second-order valence-electron chi connectivity index (χ2n) is 3.69. The Morgan fingerprint density at radius 2 is 2.06 bits per heavy atom. The van der Waals surface area contributed by atoms with Crippen LogP contribution in [0.15, 0.2) is 30.5 Å². The lowest BCUT2D eigenvalue weighted by atomic mass is 10.2. The molecule has 16 heavy (non-hydrogen) atoms. The van der Waals surface area contributed by atoms with Gasteiger partial charge in [-0.15, -0.1) is 0 Å². The second-order valence-corrected chi connectivity index (χ2v) is 3.69. The summed E-state index contributed by atoms with van der Waals surface area (Å²) in [6.45, 7) is 0. The first kappa shape index (κ1) is 9.03.